The topological polar surface area (TPSA) is 59.5 Å². The molecule has 28 heavy (non-hydrogen) atoms. The van der Waals surface area contributed by atoms with Gasteiger partial charge in [-0.3, -0.25) is 0 Å². The van der Waals surface area contributed by atoms with Gasteiger partial charge in [-0.2, -0.15) is 4.98 Å². The number of ether oxygens (including phenoxy) is 2. The molecule has 1 N–H and O–H groups in total. The smallest absolute Gasteiger partial charge is 0.228 e. The van der Waals surface area contributed by atoms with Crippen molar-refractivity contribution in [1.82, 2.24) is 9.97 Å². The molecule has 6 nitrogen and oxygen atoms in total. The highest BCUT2D eigenvalue weighted by molar-refractivity contribution is 6.31. The summed E-state index contributed by atoms with van der Waals surface area (Å²) in [6.45, 7) is 2.87. The van der Waals surface area contributed by atoms with Gasteiger partial charge in [0.2, 0.25) is 5.95 Å². The van der Waals surface area contributed by atoms with E-state index < -0.39 is 0 Å². The Morgan fingerprint density at radius 2 is 1.82 bits per heavy atom. The molecular formula is C21H21ClN4O2. The first-order chi connectivity index (χ1) is 13.7. The third-order valence-corrected chi connectivity index (χ3v) is 4.74. The van der Waals surface area contributed by atoms with Crippen molar-refractivity contribution in [3.05, 3.63) is 59.6 Å². The van der Waals surface area contributed by atoms with Gasteiger partial charge in [0.15, 0.2) is 0 Å². The van der Waals surface area contributed by atoms with Crippen LogP contribution in [0.15, 0.2) is 54.6 Å². The Kier molecular flexibility index (Phi) is 5.60. The molecule has 0 aliphatic carbocycles. The lowest BCUT2D eigenvalue weighted by Gasteiger charge is -2.27. The molecule has 1 aromatic heterocycles. The molecule has 0 amide bonds. The fourth-order valence-corrected chi connectivity index (χ4v) is 3.25. The highest BCUT2D eigenvalue weighted by Crippen LogP contribution is 2.32. The standard InChI is InChI=1S/C21H21ClN4O2/c1-27-19-8-7-16(22)13-18(19)23-20-14-17(15-5-3-2-4-6-15)24-21(25-20)26-9-11-28-12-10-26/h2-8,13-14H,9-12H2,1H3,(H,23,24,25). The van der Waals surface area contributed by atoms with E-state index in [1.54, 1.807) is 13.2 Å². The summed E-state index contributed by atoms with van der Waals surface area (Å²) in [4.78, 5) is 11.7. The number of nitrogens with zero attached hydrogens (tertiary/aromatic N) is 3. The van der Waals surface area contributed by atoms with Gasteiger partial charge in [0.1, 0.15) is 11.6 Å². The molecule has 2 heterocycles. The summed E-state index contributed by atoms with van der Waals surface area (Å²) in [5.74, 6) is 2.04. The van der Waals surface area contributed by atoms with Crippen LogP contribution in [0, 0.1) is 0 Å². The molecule has 0 saturated carbocycles. The van der Waals surface area contributed by atoms with E-state index in [1.807, 2.05) is 48.5 Å². The Balaban J connectivity index is 1.74. The van der Waals surface area contributed by atoms with Gasteiger partial charge in [-0.15, -0.1) is 0 Å². The molecule has 1 fully saturated rings. The predicted octanol–water partition coefficient (Wildman–Crippen LogP) is 4.39. The highest BCUT2D eigenvalue weighted by Gasteiger charge is 2.17. The van der Waals surface area contributed by atoms with Gasteiger partial charge in [0, 0.05) is 29.7 Å². The Hall–Kier alpha value is -2.83. The summed E-state index contributed by atoms with van der Waals surface area (Å²) in [5, 5.41) is 3.95. The SMILES string of the molecule is COc1ccc(Cl)cc1Nc1cc(-c2ccccc2)nc(N2CCOCC2)n1. The minimum absolute atomic E-state index is 0.619. The van der Waals surface area contributed by atoms with Crippen molar-refractivity contribution in [2.75, 3.05) is 43.6 Å². The lowest BCUT2D eigenvalue weighted by molar-refractivity contribution is 0.122. The molecule has 1 aliphatic rings. The monoisotopic (exact) mass is 396 g/mol. The van der Waals surface area contributed by atoms with Crippen molar-refractivity contribution in [2.45, 2.75) is 0 Å². The molecular weight excluding hydrogens is 376 g/mol. The Morgan fingerprint density at radius 1 is 1.04 bits per heavy atom. The molecule has 1 aliphatic heterocycles. The molecule has 0 spiro atoms. The van der Waals surface area contributed by atoms with Crippen LogP contribution in [-0.4, -0.2) is 43.4 Å². The van der Waals surface area contributed by atoms with Crippen LogP contribution in [-0.2, 0) is 4.74 Å². The summed E-state index contributed by atoms with van der Waals surface area (Å²) >= 11 is 6.17. The van der Waals surface area contributed by atoms with Crippen molar-refractivity contribution in [2.24, 2.45) is 0 Å². The van der Waals surface area contributed by atoms with Gasteiger partial charge in [-0.25, -0.2) is 4.98 Å². The summed E-state index contributed by atoms with van der Waals surface area (Å²) in [6, 6.07) is 17.4. The summed E-state index contributed by atoms with van der Waals surface area (Å²) in [6.07, 6.45) is 0. The molecule has 4 rings (SSSR count). The van der Waals surface area contributed by atoms with Crippen molar-refractivity contribution >= 4 is 29.1 Å². The van der Waals surface area contributed by atoms with Crippen LogP contribution >= 0.6 is 11.6 Å². The summed E-state index contributed by atoms with van der Waals surface area (Å²) in [5.41, 5.74) is 2.63. The lowest BCUT2D eigenvalue weighted by Crippen LogP contribution is -2.37. The quantitative estimate of drug-likeness (QED) is 0.690. The number of benzene rings is 2. The van der Waals surface area contributed by atoms with E-state index in [9.17, 15) is 0 Å². The van der Waals surface area contributed by atoms with Gasteiger partial charge in [0.25, 0.3) is 0 Å². The van der Waals surface area contributed by atoms with Crippen molar-refractivity contribution in [3.8, 4) is 17.0 Å². The van der Waals surface area contributed by atoms with Crippen molar-refractivity contribution in [3.63, 3.8) is 0 Å². The van der Waals surface area contributed by atoms with E-state index in [0.29, 0.717) is 35.8 Å². The number of hydrogen-bond acceptors (Lipinski definition) is 6. The molecule has 7 heteroatoms. The molecule has 0 bridgehead atoms. The number of methoxy groups -OCH3 is 1. The van der Waals surface area contributed by atoms with Crippen LogP contribution in [0.1, 0.15) is 0 Å². The van der Waals surface area contributed by atoms with Crippen LogP contribution in [0.3, 0.4) is 0 Å². The maximum absolute atomic E-state index is 6.17. The highest BCUT2D eigenvalue weighted by atomic mass is 35.5. The zero-order valence-electron chi connectivity index (χ0n) is 15.6. The fourth-order valence-electron chi connectivity index (χ4n) is 3.08. The summed E-state index contributed by atoms with van der Waals surface area (Å²) in [7, 11) is 1.63. The van der Waals surface area contributed by atoms with E-state index in [2.05, 4.69) is 10.2 Å². The number of morpholine rings is 1. The van der Waals surface area contributed by atoms with Crippen LogP contribution < -0.4 is 15.0 Å². The number of aromatic nitrogens is 2. The Labute approximate surface area is 169 Å². The number of nitrogens with one attached hydrogen (secondary N) is 1. The Bertz CT molecular complexity index is 946. The van der Waals surface area contributed by atoms with Crippen LogP contribution in [0.4, 0.5) is 17.5 Å². The van der Waals surface area contributed by atoms with Crippen molar-refractivity contribution in [1.29, 1.82) is 0 Å². The van der Waals surface area contributed by atoms with Gasteiger partial charge in [-0.05, 0) is 18.2 Å². The second-order valence-electron chi connectivity index (χ2n) is 6.37. The maximum atomic E-state index is 6.17. The zero-order chi connectivity index (χ0) is 19.3. The van der Waals surface area contributed by atoms with Crippen LogP contribution in [0.25, 0.3) is 11.3 Å². The number of halogens is 1. The number of hydrogen-bond donors (Lipinski definition) is 1. The first-order valence-electron chi connectivity index (χ1n) is 9.11. The first-order valence-corrected chi connectivity index (χ1v) is 9.48. The third-order valence-electron chi connectivity index (χ3n) is 4.50. The number of anilines is 3. The first kappa shape index (κ1) is 18.5. The van der Waals surface area contributed by atoms with Crippen LogP contribution in [0.5, 0.6) is 5.75 Å². The van der Waals surface area contributed by atoms with Gasteiger partial charge >= 0.3 is 0 Å². The van der Waals surface area contributed by atoms with E-state index >= 15 is 0 Å². The average Bonchev–Trinajstić information content (AvgIpc) is 2.75. The van der Waals surface area contributed by atoms with Crippen LogP contribution in [0.2, 0.25) is 5.02 Å². The minimum Gasteiger partial charge on any atom is -0.495 e. The molecule has 0 radical (unpaired) electrons. The minimum atomic E-state index is 0.619. The van der Waals surface area contributed by atoms with Gasteiger partial charge in [-0.1, -0.05) is 41.9 Å². The third kappa shape index (κ3) is 4.18. The normalized spacial score (nSPS) is 14.0. The second-order valence-corrected chi connectivity index (χ2v) is 6.81. The van der Waals surface area contributed by atoms with E-state index in [4.69, 9.17) is 31.0 Å². The molecule has 1 saturated heterocycles. The van der Waals surface area contributed by atoms with Gasteiger partial charge in [0.05, 0.1) is 31.7 Å². The maximum Gasteiger partial charge on any atom is 0.228 e. The van der Waals surface area contributed by atoms with Gasteiger partial charge < -0.3 is 19.7 Å². The molecule has 2 aromatic carbocycles. The number of rotatable bonds is 5. The Morgan fingerprint density at radius 3 is 2.57 bits per heavy atom. The van der Waals surface area contributed by atoms with Crippen molar-refractivity contribution < 1.29 is 9.47 Å². The largest absolute Gasteiger partial charge is 0.495 e. The molecule has 0 unspecified atom stereocenters. The predicted molar refractivity (Wildman–Crippen MR) is 112 cm³/mol. The van der Waals surface area contributed by atoms with E-state index in [0.717, 1.165) is 30.0 Å². The second kappa shape index (κ2) is 8.46. The lowest BCUT2D eigenvalue weighted by atomic mass is 10.1. The molecule has 3 aromatic rings. The fraction of sp³-hybridized carbons (Fsp3) is 0.238. The molecule has 144 valence electrons. The van der Waals surface area contributed by atoms with E-state index in [1.165, 1.54) is 0 Å². The summed E-state index contributed by atoms with van der Waals surface area (Å²) < 4.78 is 10.9. The molecule has 0 atom stereocenters. The van der Waals surface area contributed by atoms with E-state index in [-0.39, 0.29) is 0 Å². The average molecular weight is 397 g/mol. The zero-order valence-corrected chi connectivity index (χ0v) is 16.3.